The van der Waals surface area contributed by atoms with Gasteiger partial charge in [-0.25, -0.2) is 0 Å². The van der Waals surface area contributed by atoms with Gasteiger partial charge in [0, 0.05) is 39.7 Å². The number of nitrogens with zero attached hydrogens (tertiary/aromatic N) is 3. The van der Waals surface area contributed by atoms with Crippen LogP contribution in [0, 0.1) is 0 Å². The van der Waals surface area contributed by atoms with E-state index in [4.69, 9.17) is 4.74 Å². The minimum atomic E-state index is -0.0725. The fourth-order valence-corrected chi connectivity index (χ4v) is 11.2. The number of hydrogen-bond donors (Lipinski definition) is 0. The normalized spacial score (nSPS) is 16.3. The van der Waals surface area contributed by atoms with E-state index in [1.165, 1.54) is 61.3 Å². The molecule has 4 nitrogen and oxygen atoms in total. The number of anilines is 7. The van der Waals surface area contributed by atoms with Crippen molar-refractivity contribution in [2.24, 2.45) is 0 Å². The molecule has 2 aliphatic heterocycles. The van der Waals surface area contributed by atoms with Crippen LogP contribution in [0.4, 0.5) is 39.8 Å². The van der Waals surface area contributed by atoms with Gasteiger partial charge in [0.05, 0.1) is 17.4 Å². The van der Waals surface area contributed by atoms with Crippen molar-refractivity contribution >= 4 is 63.0 Å². The predicted molar refractivity (Wildman–Crippen MR) is 303 cm³/mol. The Morgan fingerprint density at radius 3 is 1.63 bits per heavy atom. The largest absolute Gasteiger partial charge is 0.459 e. The molecule has 5 heteroatoms. The Kier molecular flexibility index (Phi) is 11.6. The molecule has 0 radical (unpaired) electrons. The zero-order valence-corrected chi connectivity index (χ0v) is 43.0. The lowest BCUT2D eigenvalue weighted by atomic mass is 9.31. The Hall–Kier alpha value is -7.24. The van der Waals surface area contributed by atoms with E-state index >= 15 is 0 Å². The number of allylic oxidation sites excluding steroid dienone is 4. The summed E-state index contributed by atoms with van der Waals surface area (Å²) in [7, 11) is 0. The van der Waals surface area contributed by atoms with Gasteiger partial charge in [-0.05, 0) is 159 Å². The molecule has 1 unspecified atom stereocenters. The van der Waals surface area contributed by atoms with Crippen molar-refractivity contribution in [1.29, 1.82) is 0 Å². The summed E-state index contributed by atoms with van der Waals surface area (Å²) in [6.07, 6.45) is 12.2. The SMILES string of the molecule is CC(C)(C)c1ccc(N2c3ccc(C(C)(C)C)cc3B3C4=C(C=C(c5c(N(C6=CCCC=C6)c6ccccc6)cccc5N(c5ccccc5)c5ccccc5)CC42)Oc2ccc(C(C)(C)C)cc23)cc1. The molecule has 0 spiro atoms. The lowest BCUT2D eigenvalue weighted by molar-refractivity contribution is 0.432. The molecule has 0 saturated carbocycles. The van der Waals surface area contributed by atoms with E-state index in [0.717, 1.165) is 59.2 Å². The zero-order chi connectivity index (χ0) is 49.2. The molecule has 0 saturated heterocycles. The predicted octanol–water partition coefficient (Wildman–Crippen LogP) is 16.2. The Morgan fingerprint density at radius 1 is 0.535 bits per heavy atom. The first-order valence-electron chi connectivity index (χ1n) is 25.7. The van der Waals surface area contributed by atoms with Crippen LogP contribution < -0.4 is 30.4 Å². The van der Waals surface area contributed by atoms with Gasteiger partial charge in [-0.3, -0.25) is 0 Å². The number of benzene rings is 7. The van der Waals surface area contributed by atoms with Crippen molar-refractivity contribution in [2.45, 2.75) is 104 Å². The highest BCUT2D eigenvalue weighted by Crippen LogP contribution is 2.52. The first-order chi connectivity index (χ1) is 34.1. The molecule has 2 aliphatic carbocycles. The molecule has 0 amide bonds. The van der Waals surface area contributed by atoms with E-state index in [2.05, 4.69) is 271 Å². The van der Waals surface area contributed by atoms with Crippen LogP contribution >= 0.6 is 0 Å². The summed E-state index contributed by atoms with van der Waals surface area (Å²) < 4.78 is 7.45. The molecule has 2 heterocycles. The van der Waals surface area contributed by atoms with Gasteiger partial charge in [-0.15, -0.1) is 0 Å². The second-order valence-electron chi connectivity index (χ2n) is 22.9. The van der Waals surface area contributed by atoms with Crippen molar-refractivity contribution in [1.82, 2.24) is 0 Å². The summed E-state index contributed by atoms with van der Waals surface area (Å²) >= 11 is 0. The topological polar surface area (TPSA) is 19.0 Å². The van der Waals surface area contributed by atoms with E-state index in [9.17, 15) is 0 Å². The number of rotatable bonds is 8. The first kappa shape index (κ1) is 46.2. The molecular weight excluding hydrogens is 862 g/mol. The minimum absolute atomic E-state index is 0.000512. The minimum Gasteiger partial charge on any atom is -0.459 e. The number of fused-ring (bicyclic) bond motifs is 4. The average Bonchev–Trinajstić information content (AvgIpc) is 3.36. The Bertz CT molecular complexity index is 3210. The van der Waals surface area contributed by atoms with Gasteiger partial charge in [0.25, 0.3) is 6.71 Å². The molecule has 0 fully saturated rings. The molecule has 7 aromatic rings. The third-order valence-electron chi connectivity index (χ3n) is 15.0. The molecule has 354 valence electrons. The monoisotopic (exact) mass is 928 g/mol. The summed E-state index contributed by atoms with van der Waals surface area (Å²) in [5.74, 6) is 1.87. The van der Waals surface area contributed by atoms with Crippen LogP contribution in [-0.4, -0.2) is 12.8 Å². The molecule has 1 atom stereocenters. The van der Waals surface area contributed by atoms with Gasteiger partial charge < -0.3 is 19.4 Å². The molecule has 11 rings (SSSR count). The third kappa shape index (κ3) is 8.54. The van der Waals surface area contributed by atoms with Crippen molar-refractivity contribution in [3.05, 3.63) is 233 Å². The maximum Gasteiger partial charge on any atom is 0.251 e. The van der Waals surface area contributed by atoms with E-state index in [1.807, 2.05) is 0 Å². The lowest BCUT2D eigenvalue weighted by Gasteiger charge is -2.48. The summed E-state index contributed by atoms with van der Waals surface area (Å²) in [5, 5.41) is 0. The van der Waals surface area contributed by atoms with Crippen molar-refractivity contribution < 1.29 is 4.74 Å². The number of hydrogen-bond acceptors (Lipinski definition) is 4. The Balaban J connectivity index is 1.23. The van der Waals surface area contributed by atoms with Crippen LogP contribution in [0.3, 0.4) is 0 Å². The summed E-state index contributed by atoms with van der Waals surface area (Å²) in [6, 6.07) is 63.1. The molecular formula is C66H66BN3O. The molecule has 0 aromatic heterocycles. The van der Waals surface area contributed by atoms with E-state index in [-0.39, 0.29) is 29.0 Å². The third-order valence-corrected chi connectivity index (χ3v) is 15.0. The van der Waals surface area contributed by atoms with Crippen LogP contribution in [0.25, 0.3) is 5.57 Å². The highest BCUT2D eigenvalue weighted by atomic mass is 16.5. The van der Waals surface area contributed by atoms with Gasteiger partial charge in [0.15, 0.2) is 0 Å². The summed E-state index contributed by atoms with van der Waals surface area (Å²) in [6.45, 7) is 20.9. The maximum absolute atomic E-state index is 7.45. The molecule has 7 aromatic carbocycles. The lowest BCUT2D eigenvalue weighted by Crippen LogP contribution is -2.60. The highest BCUT2D eigenvalue weighted by molar-refractivity contribution is 6.93. The maximum atomic E-state index is 7.45. The fourth-order valence-electron chi connectivity index (χ4n) is 11.2. The Morgan fingerprint density at radius 2 is 1.07 bits per heavy atom. The smallest absolute Gasteiger partial charge is 0.251 e. The van der Waals surface area contributed by atoms with E-state index < -0.39 is 0 Å². The molecule has 0 N–H and O–H groups in total. The molecule has 4 aliphatic rings. The highest BCUT2D eigenvalue weighted by Gasteiger charge is 2.49. The van der Waals surface area contributed by atoms with E-state index in [0.29, 0.717) is 0 Å². The summed E-state index contributed by atoms with van der Waals surface area (Å²) in [5.41, 5.74) is 19.3. The van der Waals surface area contributed by atoms with Crippen LogP contribution in [0.2, 0.25) is 0 Å². The first-order valence-corrected chi connectivity index (χ1v) is 25.7. The van der Waals surface area contributed by atoms with E-state index in [1.54, 1.807) is 0 Å². The average molecular weight is 928 g/mol. The number of para-hydroxylation sites is 3. The standard InChI is InChI=1S/C66H66BN3O/c1-64(2,3)46-33-37-53(38-34-46)70-56-39-35-47(65(4,5)6)43-54(56)67-55-44-48(66(7,8)9)36-40-60(55)71-61-42-45(41-59(70)63(61)67)62-57(68(49-23-14-10-15-24-49)50-25-16-11-17-26-50)31-22-32-58(62)69(51-27-18-12-19-28-51)52-29-20-13-21-30-52/h10-12,14-20,22-40,42-44,59H,13,21,41H2,1-9H3. The van der Waals surface area contributed by atoms with Crippen molar-refractivity contribution in [3.63, 3.8) is 0 Å². The van der Waals surface area contributed by atoms with Gasteiger partial charge in [0.1, 0.15) is 11.5 Å². The second-order valence-corrected chi connectivity index (χ2v) is 22.9. The second kappa shape index (κ2) is 17.9. The zero-order valence-electron chi connectivity index (χ0n) is 43.0. The van der Waals surface area contributed by atoms with Crippen LogP contribution in [0.15, 0.2) is 211 Å². The van der Waals surface area contributed by atoms with Gasteiger partial charge in [-0.1, -0.05) is 172 Å². The van der Waals surface area contributed by atoms with Crippen LogP contribution in [0.1, 0.15) is 104 Å². The van der Waals surface area contributed by atoms with Crippen molar-refractivity contribution in [2.75, 3.05) is 14.7 Å². The van der Waals surface area contributed by atoms with Crippen LogP contribution in [-0.2, 0) is 16.2 Å². The Labute approximate surface area is 423 Å². The van der Waals surface area contributed by atoms with Crippen LogP contribution in [0.5, 0.6) is 5.75 Å². The van der Waals surface area contributed by atoms with Gasteiger partial charge in [-0.2, -0.15) is 0 Å². The summed E-state index contributed by atoms with van der Waals surface area (Å²) in [4.78, 5) is 7.58. The van der Waals surface area contributed by atoms with Gasteiger partial charge in [0.2, 0.25) is 0 Å². The van der Waals surface area contributed by atoms with Gasteiger partial charge >= 0.3 is 0 Å². The quantitative estimate of drug-likeness (QED) is 0.141. The van der Waals surface area contributed by atoms with Crippen molar-refractivity contribution in [3.8, 4) is 5.75 Å². The number of ether oxygens (including phenoxy) is 1. The fraction of sp³-hybridized carbons (Fsp3) is 0.242. The molecule has 71 heavy (non-hydrogen) atoms. The molecule has 0 bridgehead atoms.